The van der Waals surface area contributed by atoms with Crippen molar-refractivity contribution in [2.75, 3.05) is 18.5 Å². The summed E-state index contributed by atoms with van der Waals surface area (Å²) >= 11 is 0. The molecule has 1 aliphatic rings. The van der Waals surface area contributed by atoms with Gasteiger partial charge in [-0.3, -0.25) is 4.79 Å². The summed E-state index contributed by atoms with van der Waals surface area (Å²) in [5, 5.41) is 11.4. The van der Waals surface area contributed by atoms with E-state index in [1.165, 1.54) is 0 Å². The van der Waals surface area contributed by atoms with E-state index >= 15 is 0 Å². The predicted molar refractivity (Wildman–Crippen MR) is 80.7 cm³/mol. The van der Waals surface area contributed by atoms with Gasteiger partial charge in [-0.05, 0) is 50.3 Å². The predicted octanol–water partition coefficient (Wildman–Crippen LogP) is 2.29. The van der Waals surface area contributed by atoms with Crippen LogP contribution in [-0.2, 0) is 4.79 Å². The molecule has 5 nitrogen and oxygen atoms in total. The van der Waals surface area contributed by atoms with Crippen LogP contribution in [0.5, 0.6) is 5.75 Å². The Morgan fingerprint density at radius 2 is 2.14 bits per heavy atom. The van der Waals surface area contributed by atoms with Crippen molar-refractivity contribution in [3.05, 3.63) is 24.3 Å². The third-order valence-electron chi connectivity index (χ3n) is 3.96. The van der Waals surface area contributed by atoms with E-state index in [2.05, 4.69) is 5.32 Å². The van der Waals surface area contributed by atoms with E-state index in [-0.39, 0.29) is 18.4 Å². The number of rotatable bonds is 5. The van der Waals surface area contributed by atoms with Crippen LogP contribution in [0.15, 0.2) is 24.3 Å². The Balaban J connectivity index is 1.89. The lowest BCUT2D eigenvalue weighted by atomic mass is 9.81. The van der Waals surface area contributed by atoms with Gasteiger partial charge >= 0.3 is 0 Å². The molecule has 0 unspecified atom stereocenters. The number of amides is 1. The number of ether oxygens (including phenoxy) is 1. The molecule has 1 aromatic rings. The molecular weight excluding hydrogens is 266 g/mol. The van der Waals surface area contributed by atoms with Crippen LogP contribution in [0.2, 0.25) is 0 Å². The minimum absolute atomic E-state index is 0.000498. The molecule has 1 aliphatic carbocycles. The quantitative estimate of drug-likeness (QED) is 0.869. The summed E-state index contributed by atoms with van der Waals surface area (Å²) in [5.74, 6) is 1.28. The Bertz CT molecular complexity index is 516. The van der Waals surface area contributed by atoms with E-state index in [4.69, 9.17) is 15.7 Å². The monoisotopic (exact) mass is 287 g/mol. The number of anilines is 1. The highest BCUT2D eigenvalue weighted by Gasteiger charge is 2.25. The minimum atomic E-state index is 0.000498. The molecule has 2 rings (SSSR count). The van der Waals surface area contributed by atoms with Crippen LogP contribution < -0.4 is 15.8 Å². The molecule has 0 spiro atoms. The highest BCUT2D eigenvalue weighted by molar-refractivity contribution is 5.92. The van der Waals surface area contributed by atoms with Crippen molar-refractivity contribution in [1.29, 1.82) is 5.26 Å². The second-order valence-electron chi connectivity index (χ2n) is 5.42. The third-order valence-corrected chi connectivity index (χ3v) is 3.96. The van der Waals surface area contributed by atoms with Crippen molar-refractivity contribution in [3.63, 3.8) is 0 Å². The summed E-state index contributed by atoms with van der Waals surface area (Å²) < 4.78 is 5.23. The zero-order valence-electron chi connectivity index (χ0n) is 12.0. The van der Waals surface area contributed by atoms with Crippen molar-refractivity contribution in [2.24, 2.45) is 17.6 Å². The number of hydrogen-bond acceptors (Lipinski definition) is 4. The zero-order valence-corrected chi connectivity index (χ0v) is 12.0. The van der Waals surface area contributed by atoms with Gasteiger partial charge < -0.3 is 15.8 Å². The van der Waals surface area contributed by atoms with Gasteiger partial charge in [0, 0.05) is 17.7 Å². The van der Waals surface area contributed by atoms with Crippen LogP contribution in [0.25, 0.3) is 0 Å². The first-order valence-corrected chi connectivity index (χ1v) is 7.33. The van der Waals surface area contributed by atoms with E-state index in [1.54, 1.807) is 18.2 Å². The van der Waals surface area contributed by atoms with Gasteiger partial charge in [0.05, 0.1) is 0 Å². The molecule has 0 heterocycles. The van der Waals surface area contributed by atoms with E-state index in [1.807, 2.05) is 12.1 Å². The highest BCUT2D eigenvalue weighted by Crippen LogP contribution is 2.29. The molecule has 1 fully saturated rings. The number of carbonyl (C=O) groups is 1. The van der Waals surface area contributed by atoms with Crippen molar-refractivity contribution in [3.8, 4) is 11.8 Å². The normalized spacial score (nSPS) is 21.3. The molecule has 1 saturated carbocycles. The lowest BCUT2D eigenvalue weighted by Crippen LogP contribution is -2.29. The molecule has 0 saturated heterocycles. The van der Waals surface area contributed by atoms with Crippen LogP contribution in [0, 0.1) is 23.2 Å². The molecule has 0 bridgehead atoms. The molecule has 112 valence electrons. The molecule has 1 aromatic carbocycles. The van der Waals surface area contributed by atoms with Crippen LogP contribution in [0.3, 0.4) is 0 Å². The van der Waals surface area contributed by atoms with Crippen molar-refractivity contribution in [2.45, 2.75) is 25.7 Å². The maximum absolute atomic E-state index is 12.3. The minimum Gasteiger partial charge on any atom is -0.479 e. The summed E-state index contributed by atoms with van der Waals surface area (Å²) in [6.07, 6.45) is 3.86. The van der Waals surface area contributed by atoms with Gasteiger partial charge in [0.15, 0.2) is 6.61 Å². The average molecular weight is 287 g/mol. The lowest BCUT2D eigenvalue weighted by Gasteiger charge is -2.26. The first-order valence-electron chi connectivity index (χ1n) is 7.33. The second kappa shape index (κ2) is 7.65. The van der Waals surface area contributed by atoms with E-state index < -0.39 is 0 Å². The fourth-order valence-corrected chi connectivity index (χ4v) is 2.68. The Morgan fingerprint density at radius 3 is 2.81 bits per heavy atom. The number of nitrogens with zero attached hydrogens (tertiary/aromatic N) is 1. The first kappa shape index (κ1) is 15.3. The maximum atomic E-state index is 12.3. The number of nitrogens with two attached hydrogens (primary N) is 1. The SMILES string of the molecule is N#CCOc1cccc(NC(=O)C2CCC(CN)CC2)c1. The Morgan fingerprint density at radius 1 is 1.38 bits per heavy atom. The van der Waals surface area contributed by atoms with Crippen LogP contribution in [0.1, 0.15) is 25.7 Å². The standard InChI is InChI=1S/C16H21N3O2/c17-8-9-21-15-3-1-2-14(10-15)19-16(20)13-6-4-12(11-18)5-7-13/h1-3,10,12-13H,4-7,9,11,18H2,(H,19,20). The summed E-state index contributed by atoms with van der Waals surface area (Å²) in [6, 6.07) is 9.04. The van der Waals surface area contributed by atoms with Crippen LogP contribution >= 0.6 is 0 Å². The molecule has 3 N–H and O–H groups in total. The van der Waals surface area contributed by atoms with E-state index in [0.29, 0.717) is 23.9 Å². The fraction of sp³-hybridized carbons (Fsp3) is 0.500. The van der Waals surface area contributed by atoms with Gasteiger partial charge in [0.1, 0.15) is 11.8 Å². The van der Waals surface area contributed by atoms with Crippen molar-refractivity contribution in [1.82, 2.24) is 0 Å². The molecule has 0 aliphatic heterocycles. The number of nitriles is 1. The summed E-state index contributed by atoms with van der Waals surface area (Å²) in [6.45, 7) is 0.715. The average Bonchev–Trinajstić information content (AvgIpc) is 2.53. The van der Waals surface area contributed by atoms with Gasteiger partial charge in [0.25, 0.3) is 0 Å². The molecular formula is C16H21N3O2. The number of carbonyl (C=O) groups excluding carboxylic acids is 1. The molecule has 1 amide bonds. The van der Waals surface area contributed by atoms with Crippen molar-refractivity contribution < 1.29 is 9.53 Å². The van der Waals surface area contributed by atoms with Crippen LogP contribution in [0.4, 0.5) is 5.69 Å². The topological polar surface area (TPSA) is 88.1 Å². The third kappa shape index (κ3) is 4.47. The second-order valence-corrected chi connectivity index (χ2v) is 5.42. The van der Waals surface area contributed by atoms with E-state index in [9.17, 15) is 4.79 Å². The van der Waals surface area contributed by atoms with E-state index in [0.717, 1.165) is 25.7 Å². The first-order chi connectivity index (χ1) is 10.2. The largest absolute Gasteiger partial charge is 0.479 e. The number of nitrogens with one attached hydrogen (secondary N) is 1. The molecule has 0 aromatic heterocycles. The summed E-state index contributed by atoms with van der Waals surface area (Å²) in [5.41, 5.74) is 6.37. The molecule has 21 heavy (non-hydrogen) atoms. The van der Waals surface area contributed by atoms with Gasteiger partial charge in [-0.15, -0.1) is 0 Å². The van der Waals surface area contributed by atoms with Crippen molar-refractivity contribution >= 4 is 11.6 Å². The van der Waals surface area contributed by atoms with Gasteiger partial charge in [0.2, 0.25) is 5.91 Å². The smallest absolute Gasteiger partial charge is 0.227 e. The number of benzene rings is 1. The Hall–Kier alpha value is -2.06. The van der Waals surface area contributed by atoms with Gasteiger partial charge in [-0.1, -0.05) is 6.07 Å². The summed E-state index contributed by atoms with van der Waals surface area (Å²) in [7, 11) is 0. The highest BCUT2D eigenvalue weighted by atomic mass is 16.5. The Labute approximate surface area is 125 Å². The number of hydrogen-bond donors (Lipinski definition) is 2. The van der Waals surface area contributed by atoms with Crippen LogP contribution in [-0.4, -0.2) is 19.1 Å². The molecule has 0 radical (unpaired) electrons. The van der Waals surface area contributed by atoms with Gasteiger partial charge in [-0.2, -0.15) is 5.26 Å². The summed E-state index contributed by atoms with van der Waals surface area (Å²) in [4.78, 5) is 12.3. The lowest BCUT2D eigenvalue weighted by molar-refractivity contribution is -0.121. The zero-order chi connectivity index (χ0) is 15.1. The maximum Gasteiger partial charge on any atom is 0.227 e. The Kier molecular flexibility index (Phi) is 5.59. The molecule has 5 heteroatoms. The molecule has 0 atom stereocenters. The fourth-order valence-electron chi connectivity index (χ4n) is 2.68. The van der Waals surface area contributed by atoms with Gasteiger partial charge in [-0.25, -0.2) is 0 Å².